The van der Waals surface area contributed by atoms with Gasteiger partial charge in [-0.25, -0.2) is 0 Å². The quantitative estimate of drug-likeness (QED) is 0.805. The van der Waals surface area contributed by atoms with Crippen LogP contribution in [0, 0.1) is 12.3 Å². The number of carbonyl (C=O) groups is 2. The van der Waals surface area contributed by atoms with Gasteiger partial charge in [-0.1, -0.05) is 12.1 Å². The first-order valence-corrected chi connectivity index (χ1v) is 8.84. The third kappa shape index (κ3) is 3.43. The molecule has 0 spiro atoms. The lowest BCUT2D eigenvalue weighted by Crippen LogP contribution is -2.43. The summed E-state index contributed by atoms with van der Waals surface area (Å²) < 4.78 is 5.12. The van der Waals surface area contributed by atoms with Crippen LogP contribution in [0.25, 0.3) is 0 Å². The Morgan fingerprint density at radius 2 is 1.85 bits per heavy atom. The van der Waals surface area contributed by atoms with Crippen molar-refractivity contribution in [1.82, 2.24) is 0 Å². The maximum atomic E-state index is 13.1. The Bertz CT molecular complexity index is 810. The average molecular weight is 352 g/mol. The number of anilines is 2. The predicted molar refractivity (Wildman–Crippen MR) is 102 cm³/mol. The van der Waals surface area contributed by atoms with E-state index < -0.39 is 5.41 Å². The molecule has 0 saturated heterocycles. The molecule has 26 heavy (non-hydrogen) atoms. The van der Waals surface area contributed by atoms with Crippen molar-refractivity contribution >= 4 is 23.2 Å². The maximum Gasteiger partial charge on any atom is 0.242 e. The molecule has 5 nitrogen and oxygen atoms in total. The minimum atomic E-state index is -0.959. The van der Waals surface area contributed by atoms with Crippen LogP contribution >= 0.6 is 0 Å². The summed E-state index contributed by atoms with van der Waals surface area (Å²) in [5, 5.41) is 2.88. The Kier molecular flexibility index (Phi) is 4.98. The van der Waals surface area contributed by atoms with Crippen molar-refractivity contribution in [3.63, 3.8) is 0 Å². The number of nitrogens with one attached hydrogen (secondary N) is 1. The van der Waals surface area contributed by atoms with E-state index in [-0.39, 0.29) is 11.8 Å². The molecular weight excluding hydrogens is 328 g/mol. The van der Waals surface area contributed by atoms with Crippen molar-refractivity contribution in [2.45, 2.75) is 26.7 Å². The van der Waals surface area contributed by atoms with Gasteiger partial charge in [0.25, 0.3) is 0 Å². The Morgan fingerprint density at radius 1 is 1.15 bits per heavy atom. The second-order valence-electron chi connectivity index (χ2n) is 6.65. The third-order valence-electron chi connectivity index (χ3n) is 4.82. The highest BCUT2D eigenvalue weighted by Crippen LogP contribution is 2.48. The summed E-state index contributed by atoms with van der Waals surface area (Å²) >= 11 is 0. The van der Waals surface area contributed by atoms with Crippen molar-refractivity contribution in [2.75, 3.05) is 23.9 Å². The first-order chi connectivity index (χ1) is 12.5. The van der Waals surface area contributed by atoms with E-state index in [4.69, 9.17) is 4.74 Å². The molecule has 5 heteroatoms. The van der Waals surface area contributed by atoms with Crippen LogP contribution in [0.5, 0.6) is 5.75 Å². The molecule has 3 rings (SSSR count). The Hall–Kier alpha value is -2.82. The van der Waals surface area contributed by atoms with E-state index >= 15 is 0 Å². The van der Waals surface area contributed by atoms with Gasteiger partial charge in [0, 0.05) is 17.9 Å². The molecule has 1 aliphatic rings. The van der Waals surface area contributed by atoms with Crippen LogP contribution in [0.1, 0.15) is 25.3 Å². The number of carbonyl (C=O) groups excluding carboxylic acids is 2. The van der Waals surface area contributed by atoms with E-state index in [1.54, 1.807) is 36.3 Å². The first-order valence-electron chi connectivity index (χ1n) is 8.84. The molecule has 0 unspecified atom stereocenters. The standard InChI is InChI=1S/C21H24N2O3/c1-4-23(17-7-5-6-15(2)14-17)20(25)21(12-13-21)19(24)22-16-8-10-18(26-3)11-9-16/h5-11,14H,4,12-13H2,1-3H3,(H,22,24). The van der Waals surface area contributed by atoms with Gasteiger partial charge in [0.1, 0.15) is 11.2 Å². The lowest BCUT2D eigenvalue weighted by atomic mass is 10.0. The van der Waals surface area contributed by atoms with Crippen LogP contribution in [0.2, 0.25) is 0 Å². The molecule has 0 bridgehead atoms. The predicted octanol–water partition coefficient (Wildman–Crippen LogP) is 3.78. The fourth-order valence-electron chi connectivity index (χ4n) is 3.09. The summed E-state index contributed by atoms with van der Waals surface area (Å²) in [6.45, 7) is 4.45. The third-order valence-corrected chi connectivity index (χ3v) is 4.82. The second kappa shape index (κ2) is 7.20. The molecule has 2 aromatic carbocycles. The van der Waals surface area contributed by atoms with Gasteiger partial charge in [-0.15, -0.1) is 0 Å². The molecule has 0 radical (unpaired) electrons. The molecule has 1 fully saturated rings. The lowest BCUT2D eigenvalue weighted by Gasteiger charge is -2.26. The molecule has 2 aromatic rings. The normalized spacial score (nSPS) is 14.4. The van der Waals surface area contributed by atoms with Crippen molar-refractivity contribution in [2.24, 2.45) is 5.41 Å². The minimum absolute atomic E-state index is 0.128. The number of benzene rings is 2. The Labute approximate surface area is 154 Å². The number of aryl methyl sites for hydroxylation is 1. The molecule has 0 aromatic heterocycles. The Morgan fingerprint density at radius 3 is 2.38 bits per heavy atom. The van der Waals surface area contributed by atoms with Crippen molar-refractivity contribution in [3.05, 3.63) is 54.1 Å². The number of methoxy groups -OCH3 is 1. The fraction of sp³-hybridized carbons (Fsp3) is 0.333. The zero-order valence-electron chi connectivity index (χ0n) is 15.4. The van der Waals surface area contributed by atoms with Crippen molar-refractivity contribution < 1.29 is 14.3 Å². The topological polar surface area (TPSA) is 58.6 Å². The van der Waals surface area contributed by atoms with Crippen LogP contribution in [0.3, 0.4) is 0 Å². The largest absolute Gasteiger partial charge is 0.497 e. The van der Waals surface area contributed by atoms with E-state index in [1.165, 1.54) is 0 Å². The first kappa shape index (κ1) is 18.0. The maximum absolute atomic E-state index is 13.1. The number of hydrogen-bond acceptors (Lipinski definition) is 3. The van der Waals surface area contributed by atoms with Crippen LogP contribution < -0.4 is 15.0 Å². The van der Waals surface area contributed by atoms with Crippen LogP contribution in [0.4, 0.5) is 11.4 Å². The fourth-order valence-corrected chi connectivity index (χ4v) is 3.09. The van der Waals surface area contributed by atoms with E-state index in [2.05, 4.69) is 5.32 Å². The van der Waals surface area contributed by atoms with E-state index in [1.807, 2.05) is 38.1 Å². The summed E-state index contributed by atoms with van der Waals surface area (Å²) in [5.74, 6) is 0.354. The highest BCUT2D eigenvalue weighted by Gasteiger charge is 2.58. The van der Waals surface area contributed by atoms with E-state index in [0.29, 0.717) is 25.1 Å². The van der Waals surface area contributed by atoms with Crippen LogP contribution in [-0.2, 0) is 9.59 Å². The molecular formula is C21H24N2O3. The van der Waals surface area contributed by atoms with Crippen LogP contribution in [0.15, 0.2) is 48.5 Å². The second-order valence-corrected chi connectivity index (χ2v) is 6.65. The molecule has 0 heterocycles. The summed E-state index contributed by atoms with van der Waals surface area (Å²) in [5.41, 5.74) is 1.62. The van der Waals surface area contributed by atoms with Gasteiger partial charge in [-0.2, -0.15) is 0 Å². The number of rotatable bonds is 6. The monoisotopic (exact) mass is 352 g/mol. The minimum Gasteiger partial charge on any atom is -0.497 e. The Balaban J connectivity index is 1.77. The molecule has 136 valence electrons. The molecule has 0 aliphatic heterocycles. The summed E-state index contributed by atoms with van der Waals surface area (Å²) in [7, 11) is 1.59. The summed E-state index contributed by atoms with van der Waals surface area (Å²) in [4.78, 5) is 27.7. The highest BCUT2D eigenvalue weighted by atomic mass is 16.5. The highest BCUT2D eigenvalue weighted by molar-refractivity contribution is 6.17. The van der Waals surface area contributed by atoms with Gasteiger partial charge < -0.3 is 15.0 Å². The van der Waals surface area contributed by atoms with Crippen molar-refractivity contribution in [1.29, 1.82) is 0 Å². The van der Waals surface area contributed by atoms with Gasteiger partial charge in [0.05, 0.1) is 7.11 Å². The molecule has 1 N–H and O–H groups in total. The molecule has 1 aliphatic carbocycles. The van der Waals surface area contributed by atoms with Gasteiger partial charge >= 0.3 is 0 Å². The number of nitrogens with zero attached hydrogens (tertiary/aromatic N) is 1. The molecule has 0 atom stereocenters. The van der Waals surface area contributed by atoms with Gasteiger partial charge in [-0.3, -0.25) is 9.59 Å². The van der Waals surface area contributed by atoms with E-state index in [9.17, 15) is 9.59 Å². The number of amides is 2. The van der Waals surface area contributed by atoms with Crippen molar-refractivity contribution in [3.8, 4) is 5.75 Å². The van der Waals surface area contributed by atoms with Gasteiger partial charge in [0.2, 0.25) is 11.8 Å². The summed E-state index contributed by atoms with van der Waals surface area (Å²) in [6, 6.07) is 14.9. The summed E-state index contributed by atoms with van der Waals surface area (Å²) in [6.07, 6.45) is 1.16. The SMILES string of the molecule is CCN(C(=O)C1(C(=O)Nc2ccc(OC)cc2)CC1)c1cccc(C)c1. The van der Waals surface area contributed by atoms with Gasteiger partial charge in [0.15, 0.2) is 0 Å². The van der Waals surface area contributed by atoms with Gasteiger partial charge in [-0.05, 0) is 68.7 Å². The van der Waals surface area contributed by atoms with E-state index in [0.717, 1.165) is 17.0 Å². The zero-order valence-corrected chi connectivity index (χ0v) is 15.4. The average Bonchev–Trinajstić information content (AvgIpc) is 3.45. The number of ether oxygens (including phenoxy) is 1. The van der Waals surface area contributed by atoms with Crippen LogP contribution in [-0.4, -0.2) is 25.5 Å². The smallest absolute Gasteiger partial charge is 0.242 e. The molecule has 1 saturated carbocycles. The molecule has 2 amide bonds. The number of hydrogen-bond donors (Lipinski definition) is 1. The lowest BCUT2D eigenvalue weighted by molar-refractivity contribution is -0.132. The zero-order chi connectivity index (χ0) is 18.7.